The molecule has 0 aliphatic heterocycles. The standard InChI is InChI=1S/C24H28N2O6/c1-15(2)26(13-22(27)28)23(29)21(31-3)12-25-24(30)32-14-20-18-10-6-4-8-16(18)17-9-5-7-11-19(17)20/h4-11,15,20-21H,12-14H2,1-3H3,(H,25,30)(H,27,28). The molecule has 0 saturated carbocycles. The van der Waals surface area contributed by atoms with Gasteiger partial charge in [0.2, 0.25) is 0 Å². The van der Waals surface area contributed by atoms with Gasteiger partial charge in [0, 0.05) is 19.1 Å². The number of hydrogen-bond acceptors (Lipinski definition) is 5. The summed E-state index contributed by atoms with van der Waals surface area (Å²) in [6, 6.07) is 15.7. The van der Waals surface area contributed by atoms with Crippen LogP contribution in [0.4, 0.5) is 4.79 Å². The van der Waals surface area contributed by atoms with Crippen molar-refractivity contribution in [1.29, 1.82) is 0 Å². The molecule has 0 bridgehead atoms. The molecular formula is C24H28N2O6. The monoisotopic (exact) mass is 440 g/mol. The molecule has 32 heavy (non-hydrogen) atoms. The molecule has 2 aromatic carbocycles. The fourth-order valence-electron chi connectivity index (χ4n) is 3.94. The Morgan fingerprint density at radius 1 is 1.03 bits per heavy atom. The summed E-state index contributed by atoms with van der Waals surface area (Å²) in [5.74, 6) is -1.70. The van der Waals surface area contributed by atoms with E-state index in [0.29, 0.717) is 0 Å². The zero-order valence-electron chi connectivity index (χ0n) is 18.4. The zero-order chi connectivity index (χ0) is 23.3. The molecule has 1 aliphatic rings. The van der Waals surface area contributed by atoms with Crippen LogP contribution in [0.15, 0.2) is 48.5 Å². The van der Waals surface area contributed by atoms with Crippen molar-refractivity contribution in [3.05, 3.63) is 59.7 Å². The number of alkyl carbamates (subject to hydrolysis) is 1. The Morgan fingerprint density at radius 2 is 1.59 bits per heavy atom. The number of benzene rings is 2. The molecule has 0 heterocycles. The molecule has 0 radical (unpaired) electrons. The Labute approximate surface area is 187 Å². The number of carboxylic acid groups (broad SMARTS) is 1. The SMILES string of the molecule is COC(CNC(=O)OCC1c2ccccc2-c2ccccc21)C(=O)N(CC(=O)O)C(C)C. The third-order valence-electron chi connectivity index (χ3n) is 5.55. The second kappa shape index (κ2) is 10.3. The maximum Gasteiger partial charge on any atom is 0.407 e. The molecule has 2 amide bonds. The molecule has 1 atom stereocenters. The molecule has 0 spiro atoms. The summed E-state index contributed by atoms with van der Waals surface area (Å²) in [6.07, 6.45) is -1.69. The summed E-state index contributed by atoms with van der Waals surface area (Å²) in [6.45, 7) is 3.01. The van der Waals surface area contributed by atoms with Gasteiger partial charge >= 0.3 is 12.1 Å². The lowest BCUT2D eigenvalue weighted by atomic mass is 9.98. The van der Waals surface area contributed by atoms with Crippen LogP contribution in [0.5, 0.6) is 0 Å². The summed E-state index contributed by atoms with van der Waals surface area (Å²) in [7, 11) is 1.33. The number of aliphatic carboxylic acids is 1. The van der Waals surface area contributed by atoms with Gasteiger partial charge in [-0.15, -0.1) is 0 Å². The Kier molecular flexibility index (Phi) is 7.48. The number of amides is 2. The largest absolute Gasteiger partial charge is 0.480 e. The van der Waals surface area contributed by atoms with Gasteiger partial charge in [0.15, 0.2) is 6.10 Å². The highest BCUT2D eigenvalue weighted by molar-refractivity contribution is 5.85. The van der Waals surface area contributed by atoms with Crippen LogP contribution in [-0.4, -0.2) is 66.9 Å². The Hall–Kier alpha value is -3.39. The van der Waals surface area contributed by atoms with E-state index in [1.807, 2.05) is 36.4 Å². The predicted octanol–water partition coefficient (Wildman–Crippen LogP) is 2.86. The first kappa shape index (κ1) is 23.3. The van der Waals surface area contributed by atoms with Gasteiger partial charge < -0.3 is 24.8 Å². The Balaban J connectivity index is 1.59. The minimum atomic E-state index is -1.12. The third-order valence-corrected chi connectivity index (χ3v) is 5.55. The number of carboxylic acids is 1. The van der Waals surface area contributed by atoms with Crippen LogP contribution in [0.1, 0.15) is 30.9 Å². The van der Waals surface area contributed by atoms with Gasteiger partial charge in [0.25, 0.3) is 5.91 Å². The molecule has 0 aromatic heterocycles. The number of carbonyl (C=O) groups excluding carboxylic acids is 2. The van der Waals surface area contributed by atoms with Crippen molar-refractivity contribution >= 4 is 18.0 Å². The zero-order valence-corrected chi connectivity index (χ0v) is 18.4. The molecule has 0 saturated heterocycles. The molecule has 0 fully saturated rings. The highest BCUT2D eigenvalue weighted by atomic mass is 16.5. The van der Waals surface area contributed by atoms with Crippen LogP contribution in [0.3, 0.4) is 0 Å². The topological polar surface area (TPSA) is 105 Å². The molecule has 8 heteroatoms. The van der Waals surface area contributed by atoms with Gasteiger partial charge in [-0.2, -0.15) is 0 Å². The van der Waals surface area contributed by atoms with E-state index < -0.39 is 30.6 Å². The lowest BCUT2D eigenvalue weighted by Gasteiger charge is -2.28. The number of fused-ring (bicyclic) bond motifs is 3. The van der Waals surface area contributed by atoms with E-state index in [0.717, 1.165) is 22.3 Å². The van der Waals surface area contributed by atoms with E-state index in [1.165, 1.54) is 12.0 Å². The lowest BCUT2D eigenvalue weighted by molar-refractivity contribution is -0.151. The second-order valence-electron chi connectivity index (χ2n) is 7.88. The average Bonchev–Trinajstić information content (AvgIpc) is 3.09. The third kappa shape index (κ3) is 5.08. The Morgan fingerprint density at radius 3 is 2.09 bits per heavy atom. The smallest absolute Gasteiger partial charge is 0.407 e. The van der Waals surface area contributed by atoms with Gasteiger partial charge in [0.05, 0.1) is 6.54 Å². The highest BCUT2D eigenvalue weighted by Crippen LogP contribution is 2.44. The van der Waals surface area contributed by atoms with Crippen LogP contribution in [0.2, 0.25) is 0 Å². The van der Waals surface area contributed by atoms with E-state index >= 15 is 0 Å². The quantitative estimate of drug-likeness (QED) is 0.621. The summed E-state index contributed by atoms with van der Waals surface area (Å²) in [5, 5.41) is 11.6. The van der Waals surface area contributed by atoms with E-state index in [-0.39, 0.29) is 25.1 Å². The van der Waals surface area contributed by atoms with Crippen LogP contribution in [0, 0.1) is 0 Å². The van der Waals surface area contributed by atoms with E-state index in [1.54, 1.807) is 13.8 Å². The summed E-state index contributed by atoms with van der Waals surface area (Å²) < 4.78 is 10.7. The number of rotatable bonds is 9. The van der Waals surface area contributed by atoms with Gasteiger partial charge in [0.1, 0.15) is 13.2 Å². The lowest BCUT2D eigenvalue weighted by Crippen LogP contribution is -2.50. The van der Waals surface area contributed by atoms with Gasteiger partial charge in [-0.1, -0.05) is 48.5 Å². The molecule has 170 valence electrons. The van der Waals surface area contributed by atoms with Crippen molar-refractivity contribution in [2.24, 2.45) is 0 Å². The summed E-state index contributed by atoms with van der Waals surface area (Å²) in [4.78, 5) is 37.2. The van der Waals surface area contributed by atoms with Crippen molar-refractivity contribution in [1.82, 2.24) is 10.2 Å². The van der Waals surface area contributed by atoms with E-state index in [2.05, 4.69) is 17.4 Å². The number of nitrogens with one attached hydrogen (secondary N) is 1. The fraction of sp³-hybridized carbons (Fsp3) is 0.375. The summed E-state index contributed by atoms with van der Waals surface area (Å²) >= 11 is 0. The van der Waals surface area contributed by atoms with Gasteiger partial charge in [-0.3, -0.25) is 9.59 Å². The molecule has 8 nitrogen and oxygen atoms in total. The average molecular weight is 440 g/mol. The maximum atomic E-state index is 12.7. The minimum absolute atomic E-state index is 0.0694. The van der Waals surface area contributed by atoms with Crippen molar-refractivity contribution in [2.75, 3.05) is 26.8 Å². The minimum Gasteiger partial charge on any atom is -0.480 e. The van der Waals surface area contributed by atoms with Gasteiger partial charge in [-0.05, 0) is 36.1 Å². The first-order valence-corrected chi connectivity index (χ1v) is 10.5. The Bertz CT molecular complexity index is 944. The molecule has 1 unspecified atom stereocenters. The van der Waals surface area contributed by atoms with Gasteiger partial charge in [-0.25, -0.2) is 4.79 Å². The van der Waals surface area contributed by atoms with E-state index in [4.69, 9.17) is 14.6 Å². The fourth-order valence-corrected chi connectivity index (χ4v) is 3.94. The molecule has 3 rings (SSSR count). The molecule has 2 N–H and O–H groups in total. The van der Waals surface area contributed by atoms with Crippen molar-refractivity contribution < 1.29 is 29.0 Å². The molecular weight excluding hydrogens is 412 g/mol. The number of hydrogen-bond donors (Lipinski definition) is 2. The first-order valence-electron chi connectivity index (χ1n) is 10.5. The number of nitrogens with zero attached hydrogens (tertiary/aromatic N) is 1. The first-order chi connectivity index (χ1) is 15.3. The summed E-state index contributed by atoms with van der Waals surface area (Å²) in [5.41, 5.74) is 4.48. The van der Waals surface area contributed by atoms with Crippen LogP contribution < -0.4 is 5.32 Å². The van der Waals surface area contributed by atoms with Crippen LogP contribution in [-0.2, 0) is 19.1 Å². The van der Waals surface area contributed by atoms with Crippen LogP contribution >= 0.6 is 0 Å². The highest BCUT2D eigenvalue weighted by Gasteiger charge is 2.30. The number of ether oxygens (including phenoxy) is 2. The predicted molar refractivity (Wildman–Crippen MR) is 118 cm³/mol. The van der Waals surface area contributed by atoms with E-state index in [9.17, 15) is 14.4 Å². The van der Waals surface area contributed by atoms with Crippen LogP contribution in [0.25, 0.3) is 11.1 Å². The maximum absolute atomic E-state index is 12.7. The molecule has 2 aromatic rings. The normalized spacial score (nSPS) is 13.2. The van der Waals surface area contributed by atoms with Crippen molar-refractivity contribution in [3.63, 3.8) is 0 Å². The van der Waals surface area contributed by atoms with Crippen molar-refractivity contribution in [2.45, 2.75) is 31.9 Å². The second-order valence-corrected chi connectivity index (χ2v) is 7.88. The van der Waals surface area contributed by atoms with Crippen molar-refractivity contribution in [3.8, 4) is 11.1 Å². The number of methoxy groups -OCH3 is 1. The molecule has 1 aliphatic carbocycles. The number of carbonyl (C=O) groups is 3.